The third-order valence-electron chi connectivity index (χ3n) is 3.78. The minimum Gasteiger partial charge on any atom is -0.454 e. The lowest BCUT2D eigenvalue weighted by molar-refractivity contribution is 0.174. The van der Waals surface area contributed by atoms with Gasteiger partial charge in [-0.05, 0) is 23.8 Å². The van der Waals surface area contributed by atoms with Crippen LogP contribution in [-0.2, 0) is 6.42 Å². The van der Waals surface area contributed by atoms with Crippen LogP contribution in [0.4, 0.5) is 5.69 Å². The van der Waals surface area contributed by atoms with Crippen molar-refractivity contribution in [2.24, 2.45) is 0 Å². The standard InChI is InChI=1S/C16H11Cl2N3O2/c17-10-3-2-9-11(20-21-16(18)14(9)15(10)19)5-8-1-4-12-13(6-8)23-7-22-12/h1-4,6H,5,7,19H2. The molecule has 0 spiro atoms. The predicted molar refractivity (Wildman–Crippen MR) is 89.3 cm³/mol. The average molecular weight is 348 g/mol. The number of anilines is 1. The second kappa shape index (κ2) is 5.44. The second-order valence-corrected chi connectivity index (χ2v) is 5.95. The molecule has 0 aliphatic carbocycles. The van der Waals surface area contributed by atoms with Crippen LogP contribution in [0.2, 0.25) is 10.2 Å². The van der Waals surface area contributed by atoms with Gasteiger partial charge < -0.3 is 15.2 Å². The molecular weight excluding hydrogens is 337 g/mol. The fraction of sp³-hybridized carbons (Fsp3) is 0.125. The van der Waals surface area contributed by atoms with Gasteiger partial charge in [-0.2, -0.15) is 5.10 Å². The minimum absolute atomic E-state index is 0.245. The van der Waals surface area contributed by atoms with E-state index in [0.717, 1.165) is 28.1 Å². The predicted octanol–water partition coefficient (Wildman–Crippen LogP) is 3.84. The molecule has 0 fully saturated rings. The Morgan fingerprint density at radius 1 is 1.04 bits per heavy atom. The smallest absolute Gasteiger partial charge is 0.231 e. The molecule has 0 amide bonds. The van der Waals surface area contributed by atoms with Gasteiger partial charge >= 0.3 is 0 Å². The molecule has 0 atom stereocenters. The van der Waals surface area contributed by atoms with E-state index in [0.29, 0.717) is 22.5 Å². The molecule has 1 aliphatic heterocycles. The van der Waals surface area contributed by atoms with Crippen molar-refractivity contribution in [1.82, 2.24) is 10.2 Å². The van der Waals surface area contributed by atoms with Gasteiger partial charge in [0, 0.05) is 17.2 Å². The Morgan fingerprint density at radius 3 is 2.74 bits per heavy atom. The number of aromatic nitrogens is 2. The van der Waals surface area contributed by atoms with E-state index in [1.807, 2.05) is 24.3 Å². The Kier molecular flexibility index (Phi) is 3.39. The molecule has 23 heavy (non-hydrogen) atoms. The van der Waals surface area contributed by atoms with Crippen LogP contribution in [-0.4, -0.2) is 17.0 Å². The molecule has 1 aliphatic rings. The van der Waals surface area contributed by atoms with E-state index >= 15 is 0 Å². The molecule has 2 N–H and O–H groups in total. The number of hydrogen-bond donors (Lipinski definition) is 1. The Balaban J connectivity index is 1.81. The molecule has 116 valence electrons. The van der Waals surface area contributed by atoms with Crippen LogP contribution >= 0.6 is 23.2 Å². The monoisotopic (exact) mass is 347 g/mol. The van der Waals surface area contributed by atoms with E-state index in [1.54, 1.807) is 6.07 Å². The van der Waals surface area contributed by atoms with Crippen molar-refractivity contribution in [3.05, 3.63) is 51.8 Å². The lowest BCUT2D eigenvalue weighted by Gasteiger charge is -2.10. The first-order chi connectivity index (χ1) is 11.1. The second-order valence-electron chi connectivity index (χ2n) is 5.19. The van der Waals surface area contributed by atoms with Crippen molar-refractivity contribution in [1.29, 1.82) is 0 Å². The number of rotatable bonds is 2. The van der Waals surface area contributed by atoms with Gasteiger partial charge in [0.05, 0.1) is 16.4 Å². The molecule has 1 aromatic heterocycles. The quantitative estimate of drug-likeness (QED) is 0.713. The summed E-state index contributed by atoms with van der Waals surface area (Å²) in [5.41, 5.74) is 8.25. The van der Waals surface area contributed by atoms with E-state index < -0.39 is 0 Å². The van der Waals surface area contributed by atoms with Crippen LogP contribution in [0.5, 0.6) is 11.5 Å². The normalized spacial score (nSPS) is 12.8. The number of hydrogen-bond acceptors (Lipinski definition) is 5. The first-order valence-electron chi connectivity index (χ1n) is 6.91. The van der Waals surface area contributed by atoms with Crippen molar-refractivity contribution >= 4 is 39.7 Å². The topological polar surface area (TPSA) is 70.3 Å². The highest BCUT2D eigenvalue weighted by atomic mass is 35.5. The van der Waals surface area contributed by atoms with Gasteiger partial charge in [0.2, 0.25) is 6.79 Å². The van der Waals surface area contributed by atoms with Crippen LogP contribution < -0.4 is 15.2 Å². The van der Waals surface area contributed by atoms with Crippen molar-refractivity contribution in [3.8, 4) is 11.5 Å². The van der Waals surface area contributed by atoms with E-state index in [1.165, 1.54) is 0 Å². The molecule has 0 bridgehead atoms. The van der Waals surface area contributed by atoms with Crippen LogP contribution in [0.25, 0.3) is 10.8 Å². The first-order valence-corrected chi connectivity index (χ1v) is 7.66. The Bertz CT molecular complexity index is 931. The van der Waals surface area contributed by atoms with Crippen LogP contribution in [0.1, 0.15) is 11.3 Å². The third kappa shape index (κ3) is 2.42. The molecule has 3 aromatic rings. The number of fused-ring (bicyclic) bond motifs is 2. The number of benzene rings is 2. The Morgan fingerprint density at radius 2 is 1.87 bits per heavy atom. The molecule has 2 aromatic carbocycles. The van der Waals surface area contributed by atoms with Crippen LogP contribution in [0.15, 0.2) is 30.3 Å². The van der Waals surface area contributed by atoms with Gasteiger partial charge in [-0.1, -0.05) is 35.3 Å². The summed E-state index contributed by atoms with van der Waals surface area (Å²) < 4.78 is 10.7. The lowest BCUT2D eigenvalue weighted by Crippen LogP contribution is -2.00. The zero-order valence-corrected chi connectivity index (χ0v) is 13.4. The maximum atomic E-state index is 6.14. The van der Waals surface area contributed by atoms with Crippen LogP contribution in [0, 0.1) is 0 Å². The van der Waals surface area contributed by atoms with Crippen LogP contribution in [0.3, 0.4) is 0 Å². The SMILES string of the molecule is Nc1c(Cl)ccc2c(Cc3ccc4c(c3)OCO4)nnc(Cl)c12. The Labute approximate surface area is 141 Å². The summed E-state index contributed by atoms with van der Waals surface area (Å²) in [6, 6.07) is 9.38. The highest BCUT2D eigenvalue weighted by molar-refractivity contribution is 6.39. The summed E-state index contributed by atoms with van der Waals surface area (Å²) >= 11 is 12.2. The van der Waals surface area contributed by atoms with Crippen molar-refractivity contribution < 1.29 is 9.47 Å². The molecule has 0 radical (unpaired) electrons. The molecule has 7 heteroatoms. The largest absolute Gasteiger partial charge is 0.454 e. The molecule has 5 nitrogen and oxygen atoms in total. The average Bonchev–Trinajstić information content (AvgIpc) is 3.01. The fourth-order valence-electron chi connectivity index (χ4n) is 2.64. The molecule has 0 saturated heterocycles. The highest BCUT2D eigenvalue weighted by Crippen LogP contribution is 2.36. The third-order valence-corrected chi connectivity index (χ3v) is 4.37. The summed E-state index contributed by atoms with van der Waals surface area (Å²) in [5, 5.41) is 10.4. The zero-order chi connectivity index (χ0) is 16.0. The fourth-order valence-corrected chi connectivity index (χ4v) is 3.04. The van der Waals surface area contributed by atoms with E-state index in [4.69, 9.17) is 38.4 Å². The molecule has 2 heterocycles. The number of nitrogen functional groups attached to an aromatic ring is 1. The highest BCUT2D eigenvalue weighted by Gasteiger charge is 2.16. The van der Waals surface area contributed by atoms with E-state index in [-0.39, 0.29) is 11.9 Å². The van der Waals surface area contributed by atoms with E-state index in [9.17, 15) is 0 Å². The lowest BCUT2D eigenvalue weighted by atomic mass is 10.0. The summed E-state index contributed by atoms with van der Waals surface area (Å²) in [6.07, 6.45) is 0.568. The minimum atomic E-state index is 0.245. The molecular formula is C16H11Cl2N3O2. The maximum absolute atomic E-state index is 6.14. The van der Waals surface area contributed by atoms with Crippen molar-refractivity contribution in [2.75, 3.05) is 12.5 Å². The number of halogens is 2. The molecule has 0 unspecified atom stereocenters. The first kappa shape index (κ1) is 14.4. The van der Waals surface area contributed by atoms with Crippen molar-refractivity contribution in [2.45, 2.75) is 6.42 Å². The van der Waals surface area contributed by atoms with E-state index in [2.05, 4.69) is 10.2 Å². The Hall–Kier alpha value is -2.24. The van der Waals surface area contributed by atoms with Gasteiger partial charge in [-0.25, -0.2) is 0 Å². The van der Waals surface area contributed by atoms with Gasteiger partial charge in [-0.15, -0.1) is 5.10 Å². The number of nitrogens with two attached hydrogens (primary N) is 1. The van der Waals surface area contributed by atoms with Crippen molar-refractivity contribution in [3.63, 3.8) is 0 Å². The summed E-state index contributed by atoms with van der Waals surface area (Å²) in [6.45, 7) is 0.248. The summed E-state index contributed by atoms with van der Waals surface area (Å²) in [7, 11) is 0. The number of ether oxygens (including phenoxy) is 2. The summed E-state index contributed by atoms with van der Waals surface area (Å²) in [4.78, 5) is 0. The molecule has 4 rings (SSSR count). The van der Waals surface area contributed by atoms with Gasteiger partial charge in [0.1, 0.15) is 0 Å². The van der Waals surface area contributed by atoms with Gasteiger partial charge in [0.25, 0.3) is 0 Å². The molecule has 0 saturated carbocycles. The van der Waals surface area contributed by atoms with Gasteiger partial charge in [-0.3, -0.25) is 0 Å². The summed E-state index contributed by atoms with van der Waals surface area (Å²) in [5.74, 6) is 1.48. The number of nitrogens with zero attached hydrogens (tertiary/aromatic N) is 2. The zero-order valence-electron chi connectivity index (χ0n) is 11.8. The maximum Gasteiger partial charge on any atom is 0.231 e. The van der Waals surface area contributed by atoms with Gasteiger partial charge in [0.15, 0.2) is 16.7 Å².